The number of nitrogens with zero attached hydrogens (tertiary/aromatic N) is 1. The highest BCUT2D eigenvalue weighted by atomic mass is 35.5. The van der Waals surface area contributed by atoms with E-state index in [9.17, 15) is 14.7 Å². The molecular formula is C17H14ClNO3S. The van der Waals surface area contributed by atoms with Crippen molar-refractivity contribution < 1.29 is 14.7 Å². The van der Waals surface area contributed by atoms with Gasteiger partial charge in [-0.15, -0.1) is 11.8 Å². The molecule has 2 atom stereocenters. The van der Waals surface area contributed by atoms with E-state index in [0.717, 1.165) is 5.56 Å². The number of hydrogen-bond donors (Lipinski definition) is 1. The van der Waals surface area contributed by atoms with Gasteiger partial charge in [0.25, 0.3) is 5.91 Å². The highest BCUT2D eigenvalue weighted by Gasteiger charge is 2.42. The molecule has 3 rings (SSSR count). The van der Waals surface area contributed by atoms with Crippen LogP contribution in [-0.2, 0) is 4.79 Å². The van der Waals surface area contributed by atoms with Crippen LogP contribution in [0.25, 0.3) is 0 Å². The number of hydrogen-bond acceptors (Lipinski definition) is 3. The molecule has 118 valence electrons. The average Bonchev–Trinajstić information content (AvgIpc) is 3.00. The monoisotopic (exact) mass is 347 g/mol. The van der Waals surface area contributed by atoms with Crippen LogP contribution in [0.1, 0.15) is 21.3 Å². The van der Waals surface area contributed by atoms with E-state index >= 15 is 0 Å². The lowest BCUT2D eigenvalue weighted by Crippen LogP contribution is -2.42. The van der Waals surface area contributed by atoms with Gasteiger partial charge in [0.05, 0.1) is 0 Å². The molecule has 0 spiro atoms. The molecule has 1 N–H and O–H groups in total. The summed E-state index contributed by atoms with van der Waals surface area (Å²) in [6, 6.07) is 15.2. The fourth-order valence-corrected chi connectivity index (χ4v) is 4.20. The zero-order valence-electron chi connectivity index (χ0n) is 12.1. The minimum Gasteiger partial charge on any atom is -0.480 e. The summed E-state index contributed by atoms with van der Waals surface area (Å²) in [6.07, 6.45) is 0. The van der Waals surface area contributed by atoms with Gasteiger partial charge in [0.2, 0.25) is 0 Å². The number of aliphatic carboxylic acids is 1. The summed E-state index contributed by atoms with van der Waals surface area (Å²) < 4.78 is 0. The number of carboxylic acids is 1. The molecule has 0 bridgehead atoms. The SMILES string of the molecule is O=C(O)C1CSC(c2ccccc2)N1C(=O)c1cccc(Cl)c1. The van der Waals surface area contributed by atoms with Gasteiger partial charge in [0.15, 0.2) is 0 Å². The van der Waals surface area contributed by atoms with E-state index in [1.54, 1.807) is 24.3 Å². The van der Waals surface area contributed by atoms with Gasteiger partial charge in [0, 0.05) is 16.3 Å². The largest absolute Gasteiger partial charge is 0.480 e. The van der Waals surface area contributed by atoms with Crippen molar-refractivity contribution in [2.24, 2.45) is 0 Å². The summed E-state index contributed by atoms with van der Waals surface area (Å²) in [4.78, 5) is 25.9. The van der Waals surface area contributed by atoms with Crippen LogP contribution < -0.4 is 0 Å². The predicted molar refractivity (Wildman–Crippen MR) is 90.7 cm³/mol. The van der Waals surface area contributed by atoms with Gasteiger partial charge in [-0.25, -0.2) is 4.79 Å². The smallest absolute Gasteiger partial charge is 0.327 e. The van der Waals surface area contributed by atoms with Crippen LogP contribution in [0.5, 0.6) is 0 Å². The normalized spacial score (nSPS) is 20.5. The molecular weight excluding hydrogens is 334 g/mol. The molecule has 1 aliphatic heterocycles. The fourth-order valence-electron chi connectivity index (χ4n) is 2.59. The van der Waals surface area contributed by atoms with Crippen molar-refractivity contribution in [3.05, 3.63) is 70.7 Å². The van der Waals surface area contributed by atoms with Gasteiger partial charge in [-0.2, -0.15) is 0 Å². The summed E-state index contributed by atoms with van der Waals surface area (Å²) >= 11 is 7.41. The molecule has 4 nitrogen and oxygen atoms in total. The molecule has 0 aliphatic carbocycles. The summed E-state index contributed by atoms with van der Waals surface area (Å²) in [7, 11) is 0. The lowest BCUT2D eigenvalue weighted by molar-refractivity contribution is -0.141. The highest BCUT2D eigenvalue weighted by molar-refractivity contribution is 7.99. The molecule has 1 aliphatic rings. The predicted octanol–water partition coefficient (Wildman–Crippen LogP) is 3.68. The van der Waals surface area contributed by atoms with E-state index in [1.165, 1.54) is 16.7 Å². The second-order valence-corrected chi connectivity index (χ2v) is 6.72. The number of amides is 1. The third-order valence-electron chi connectivity index (χ3n) is 3.68. The van der Waals surface area contributed by atoms with E-state index in [-0.39, 0.29) is 11.3 Å². The molecule has 2 aromatic carbocycles. The van der Waals surface area contributed by atoms with Crippen LogP contribution in [0.3, 0.4) is 0 Å². The molecule has 6 heteroatoms. The standard InChI is InChI=1S/C17H14ClNO3S/c18-13-8-4-7-12(9-13)15(20)19-14(17(21)22)10-23-16(19)11-5-2-1-3-6-11/h1-9,14,16H,10H2,(H,21,22). The zero-order chi connectivity index (χ0) is 16.4. The van der Waals surface area contributed by atoms with Crippen LogP contribution in [0, 0.1) is 0 Å². The fraction of sp³-hybridized carbons (Fsp3) is 0.176. The molecule has 0 radical (unpaired) electrons. The average molecular weight is 348 g/mol. The number of benzene rings is 2. The first kappa shape index (κ1) is 15.9. The number of thioether (sulfide) groups is 1. The van der Waals surface area contributed by atoms with E-state index in [1.807, 2.05) is 30.3 Å². The van der Waals surface area contributed by atoms with Crippen molar-refractivity contribution in [2.45, 2.75) is 11.4 Å². The maximum absolute atomic E-state index is 12.9. The van der Waals surface area contributed by atoms with Crippen molar-refractivity contribution in [3.63, 3.8) is 0 Å². The molecule has 2 aromatic rings. The quantitative estimate of drug-likeness (QED) is 0.920. The van der Waals surface area contributed by atoms with E-state index in [4.69, 9.17) is 11.6 Å². The Kier molecular flexibility index (Phi) is 4.59. The molecule has 2 unspecified atom stereocenters. The molecule has 1 amide bonds. The Balaban J connectivity index is 1.99. The molecule has 0 saturated carbocycles. The van der Waals surface area contributed by atoms with Crippen molar-refractivity contribution in [3.8, 4) is 0 Å². The van der Waals surface area contributed by atoms with Crippen LogP contribution in [0.15, 0.2) is 54.6 Å². The third kappa shape index (κ3) is 3.21. The summed E-state index contributed by atoms with van der Waals surface area (Å²) in [5, 5.41) is 9.60. The number of carboxylic acid groups (broad SMARTS) is 1. The first-order valence-corrected chi connectivity index (χ1v) is 8.48. The Bertz CT molecular complexity index is 738. The molecule has 1 fully saturated rings. The second kappa shape index (κ2) is 6.64. The van der Waals surface area contributed by atoms with Crippen molar-refractivity contribution in [1.29, 1.82) is 0 Å². The maximum atomic E-state index is 12.9. The maximum Gasteiger partial charge on any atom is 0.327 e. The van der Waals surface area contributed by atoms with Crippen molar-refractivity contribution in [2.75, 3.05) is 5.75 Å². The van der Waals surface area contributed by atoms with E-state index in [0.29, 0.717) is 16.3 Å². The Hall–Kier alpha value is -1.98. The molecule has 23 heavy (non-hydrogen) atoms. The van der Waals surface area contributed by atoms with Gasteiger partial charge in [0.1, 0.15) is 11.4 Å². The topological polar surface area (TPSA) is 57.6 Å². The molecule has 1 heterocycles. The lowest BCUT2D eigenvalue weighted by Gasteiger charge is -2.27. The van der Waals surface area contributed by atoms with Crippen molar-refractivity contribution in [1.82, 2.24) is 4.90 Å². The number of rotatable bonds is 3. The third-order valence-corrected chi connectivity index (χ3v) is 5.23. The Labute approximate surface area is 143 Å². The first-order chi connectivity index (χ1) is 11.1. The zero-order valence-corrected chi connectivity index (χ0v) is 13.6. The van der Waals surface area contributed by atoms with Gasteiger partial charge in [-0.1, -0.05) is 48.0 Å². The summed E-state index contributed by atoms with van der Waals surface area (Å²) in [6.45, 7) is 0. The minimum absolute atomic E-state index is 0.316. The lowest BCUT2D eigenvalue weighted by atomic mass is 10.1. The van der Waals surface area contributed by atoms with Crippen LogP contribution in [0.4, 0.5) is 0 Å². The van der Waals surface area contributed by atoms with Crippen LogP contribution in [0.2, 0.25) is 5.02 Å². The summed E-state index contributed by atoms with van der Waals surface area (Å²) in [5.74, 6) is -0.952. The van der Waals surface area contributed by atoms with Gasteiger partial charge in [-0.3, -0.25) is 4.79 Å². The first-order valence-electron chi connectivity index (χ1n) is 7.05. The van der Waals surface area contributed by atoms with E-state index < -0.39 is 12.0 Å². The highest BCUT2D eigenvalue weighted by Crippen LogP contribution is 2.42. The number of halogens is 1. The number of carbonyl (C=O) groups is 2. The van der Waals surface area contributed by atoms with Crippen LogP contribution in [-0.4, -0.2) is 33.7 Å². The summed E-state index contributed by atoms with van der Waals surface area (Å²) in [5.41, 5.74) is 1.31. The van der Waals surface area contributed by atoms with Gasteiger partial charge in [-0.05, 0) is 23.8 Å². The van der Waals surface area contributed by atoms with Crippen molar-refractivity contribution >= 4 is 35.2 Å². The van der Waals surface area contributed by atoms with Gasteiger partial charge >= 0.3 is 5.97 Å². The Morgan fingerprint density at radius 3 is 2.52 bits per heavy atom. The molecule has 1 saturated heterocycles. The second-order valence-electron chi connectivity index (χ2n) is 5.17. The Morgan fingerprint density at radius 2 is 1.87 bits per heavy atom. The van der Waals surface area contributed by atoms with E-state index in [2.05, 4.69) is 0 Å². The van der Waals surface area contributed by atoms with Gasteiger partial charge < -0.3 is 10.0 Å². The molecule has 0 aromatic heterocycles. The number of carbonyl (C=O) groups excluding carboxylic acids is 1. The Morgan fingerprint density at radius 1 is 1.13 bits per heavy atom. The minimum atomic E-state index is -0.994. The van der Waals surface area contributed by atoms with Crippen LogP contribution >= 0.6 is 23.4 Å².